The second-order valence-corrected chi connectivity index (χ2v) is 6.17. The third-order valence-corrected chi connectivity index (χ3v) is 4.29. The van der Waals surface area contributed by atoms with Crippen LogP contribution in [-0.4, -0.2) is 9.78 Å². The number of rotatable bonds is 3. The van der Waals surface area contributed by atoms with E-state index in [-0.39, 0.29) is 6.04 Å². The molecule has 0 aliphatic carbocycles. The number of halogens is 1. The van der Waals surface area contributed by atoms with Crippen molar-refractivity contribution >= 4 is 39.7 Å². The first-order chi connectivity index (χ1) is 7.61. The van der Waals surface area contributed by atoms with E-state index in [4.69, 9.17) is 5.73 Å². The molecule has 2 rings (SSSR count). The summed E-state index contributed by atoms with van der Waals surface area (Å²) in [6, 6.07) is 4.45. The summed E-state index contributed by atoms with van der Waals surface area (Å²) in [5.41, 5.74) is 6.04. The Morgan fingerprint density at radius 2 is 2.25 bits per heavy atom. The van der Waals surface area contributed by atoms with Crippen LogP contribution in [0.25, 0.3) is 0 Å². The van der Waals surface area contributed by atoms with Crippen molar-refractivity contribution < 1.29 is 0 Å². The van der Waals surface area contributed by atoms with Crippen LogP contribution in [0.3, 0.4) is 0 Å². The fourth-order valence-corrected chi connectivity index (χ4v) is 3.12. The number of anilines is 1. The summed E-state index contributed by atoms with van der Waals surface area (Å²) in [7, 11) is 0. The minimum Gasteiger partial charge on any atom is -0.383 e. The molecule has 2 aromatic heterocycles. The molecule has 0 radical (unpaired) electrons. The normalized spacial score (nSPS) is 13.2. The van der Waals surface area contributed by atoms with E-state index >= 15 is 0 Å². The SMILES string of the molecule is CC(C)C(c1cccs1)n1ncc(I)c1N. The van der Waals surface area contributed by atoms with Crippen LogP contribution in [0, 0.1) is 9.49 Å². The summed E-state index contributed by atoms with van der Waals surface area (Å²) in [6.07, 6.45) is 1.82. The van der Waals surface area contributed by atoms with Crippen LogP contribution in [0.5, 0.6) is 0 Å². The van der Waals surface area contributed by atoms with E-state index in [2.05, 4.69) is 59.0 Å². The molecule has 2 aromatic rings. The molecule has 0 aliphatic heterocycles. The average Bonchev–Trinajstić information content (AvgIpc) is 2.83. The first kappa shape index (κ1) is 11.9. The molecule has 86 valence electrons. The summed E-state index contributed by atoms with van der Waals surface area (Å²) in [5, 5.41) is 6.48. The van der Waals surface area contributed by atoms with Gasteiger partial charge in [-0.1, -0.05) is 19.9 Å². The summed E-state index contributed by atoms with van der Waals surface area (Å²) >= 11 is 3.97. The fourth-order valence-electron chi connectivity index (χ4n) is 1.76. The van der Waals surface area contributed by atoms with Crippen molar-refractivity contribution in [3.63, 3.8) is 0 Å². The molecule has 0 amide bonds. The molecule has 2 heterocycles. The molecular weight excluding hydrogens is 333 g/mol. The minimum absolute atomic E-state index is 0.239. The Bertz CT molecular complexity index is 462. The lowest BCUT2D eigenvalue weighted by Gasteiger charge is -2.21. The Balaban J connectivity index is 2.45. The van der Waals surface area contributed by atoms with E-state index in [1.54, 1.807) is 11.3 Å². The minimum atomic E-state index is 0.239. The maximum Gasteiger partial charge on any atom is 0.135 e. The topological polar surface area (TPSA) is 43.8 Å². The van der Waals surface area contributed by atoms with Gasteiger partial charge >= 0.3 is 0 Å². The predicted octanol–water partition coefficient (Wildman–Crippen LogP) is 3.38. The predicted molar refractivity (Wildman–Crippen MR) is 76.7 cm³/mol. The summed E-state index contributed by atoms with van der Waals surface area (Å²) in [5.74, 6) is 1.23. The molecule has 5 heteroatoms. The van der Waals surface area contributed by atoms with Crippen LogP contribution in [0.4, 0.5) is 5.82 Å². The van der Waals surface area contributed by atoms with Crippen molar-refractivity contribution in [2.24, 2.45) is 5.92 Å². The van der Waals surface area contributed by atoms with E-state index in [0.29, 0.717) is 5.92 Å². The van der Waals surface area contributed by atoms with Crippen LogP contribution in [0.2, 0.25) is 0 Å². The maximum absolute atomic E-state index is 6.04. The van der Waals surface area contributed by atoms with Gasteiger partial charge in [0.1, 0.15) is 5.82 Å². The van der Waals surface area contributed by atoms with Crippen molar-refractivity contribution in [2.45, 2.75) is 19.9 Å². The summed E-state index contributed by atoms with van der Waals surface area (Å²) in [6.45, 7) is 4.39. The zero-order chi connectivity index (χ0) is 11.7. The van der Waals surface area contributed by atoms with Gasteiger partial charge in [0.05, 0.1) is 15.8 Å². The van der Waals surface area contributed by atoms with Crippen molar-refractivity contribution in [3.05, 3.63) is 32.2 Å². The molecular formula is C11H14IN3S. The number of aromatic nitrogens is 2. The summed E-state index contributed by atoms with van der Waals surface area (Å²) < 4.78 is 2.94. The van der Waals surface area contributed by atoms with Gasteiger partial charge in [0.25, 0.3) is 0 Å². The van der Waals surface area contributed by atoms with Gasteiger partial charge in [-0.15, -0.1) is 11.3 Å². The van der Waals surface area contributed by atoms with E-state index < -0.39 is 0 Å². The molecule has 0 saturated carbocycles. The molecule has 0 bridgehead atoms. The Morgan fingerprint density at radius 3 is 2.69 bits per heavy atom. The lowest BCUT2D eigenvalue weighted by Crippen LogP contribution is -2.18. The number of nitrogen functional groups attached to an aromatic ring is 1. The molecule has 16 heavy (non-hydrogen) atoms. The highest BCUT2D eigenvalue weighted by atomic mass is 127. The monoisotopic (exact) mass is 347 g/mol. The van der Waals surface area contributed by atoms with Gasteiger partial charge in [0.15, 0.2) is 0 Å². The lowest BCUT2D eigenvalue weighted by atomic mass is 10.0. The Labute approximate surface area is 113 Å². The molecule has 0 spiro atoms. The van der Waals surface area contributed by atoms with E-state index in [9.17, 15) is 0 Å². The van der Waals surface area contributed by atoms with Crippen molar-refractivity contribution in [1.82, 2.24) is 9.78 Å². The van der Waals surface area contributed by atoms with Gasteiger partial charge in [-0.25, -0.2) is 4.68 Å². The van der Waals surface area contributed by atoms with Gasteiger partial charge in [0, 0.05) is 4.88 Å². The second kappa shape index (κ2) is 4.75. The quantitative estimate of drug-likeness (QED) is 0.865. The Morgan fingerprint density at radius 1 is 1.50 bits per heavy atom. The number of nitrogens with two attached hydrogens (primary N) is 1. The molecule has 0 saturated heterocycles. The third-order valence-electron chi connectivity index (χ3n) is 2.52. The molecule has 1 unspecified atom stereocenters. The van der Waals surface area contributed by atoms with Gasteiger partial charge in [0.2, 0.25) is 0 Å². The van der Waals surface area contributed by atoms with E-state index in [1.165, 1.54) is 4.88 Å². The Kier molecular flexibility index (Phi) is 3.53. The fraction of sp³-hybridized carbons (Fsp3) is 0.364. The third kappa shape index (κ3) is 2.10. The van der Waals surface area contributed by atoms with Crippen molar-refractivity contribution in [1.29, 1.82) is 0 Å². The molecule has 0 aromatic carbocycles. The van der Waals surface area contributed by atoms with Crippen LogP contribution >= 0.6 is 33.9 Å². The average molecular weight is 347 g/mol. The smallest absolute Gasteiger partial charge is 0.135 e. The van der Waals surface area contributed by atoms with Crippen molar-refractivity contribution in [3.8, 4) is 0 Å². The first-order valence-electron chi connectivity index (χ1n) is 5.13. The van der Waals surface area contributed by atoms with Gasteiger partial charge in [-0.3, -0.25) is 0 Å². The van der Waals surface area contributed by atoms with Crippen molar-refractivity contribution in [2.75, 3.05) is 5.73 Å². The summed E-state index contributed by atoms with van der Waals surface area (Å²) in [4.78, 5) is 1.31. The van der Waals surface area contributed by atoms with Gasteiger partial charge in [-0.2, -0.15) is 5.10 Å². The molecule has 0 fully saturated rings. The van der Waals surface area contributed by atoms with E-state index in [0.717, 1.165) is 9.39 Å². The highest BCUT2D eigenvalue weighted by Crippen LogP contribution is 2.32. The molecule has 0 aliphatic rings. The number of hydrogen-bond donors (Lipinski definition) is 1. The molecule has 3 nitrogen and oxygen atoms in total. The van der Waals surface area contributed by atoms with E-state index in [1.807, 2.05) is 10.9 Å². The highest BCUT2D eigenvalue weighted by Gasteiger charge is 2.22. The largest absolute Gasteiger partial charge is 0.383 e. The number of nitrogens with zero attached hydrogens (tertiary/aromatic N) is 2. The zero-order valence-electron chi connectivity index (χ0n) is 9.22. The van der Waals surface area contributed by atoms with Crippen LogP contribution < -0.4 is 5.73 Å². The molecule has 1 atom stereocenters. The standard InChI is InChI=1S/C11H14IN3S/c1-7(2)10(9-4-3-5-16-9)15-11(13)8(12)6-14-15/h3-7,10H,13H2,1-2H3. The van der Waals surface area contributed by atoms with Crippen LogP contribution in [0.15, 0.2) is 23.7 Å². The van der Waals surface area contributed by atoms with Crippen LogP contribution in [-0.2, 0) is 0 Å². The Hall–Kier alpha value is -0.560. The van der Waals surface area contributed by atoms with Gasteiger partial charge < -0.3 is 5.73 Å². The first-order valence-corrected chi connectivity index (χ1v) is 7.09. The highest BCUT2D eigenvalue weighted by molar-refractivity contribution is 14.1. The second-order valence-electron chi connectivity index (χ2n) is 4.03. The van der Waals surface area contributed by atoms with Gasteiger partial charge in [-0.05, 0) is 40.0 Å². The number of hydrogen-bond acceptors (Lipinski definition) is 3. The zero-order valence-corrected chi connectivity index (χ0v) is 12.2. The lowest BCUT2D eigenvalue weighted by molar-refractivity contribution is 0.413. The molecule has 2 N–H and O–H groups in total. The number of thiophene rings is 1. The maximum atomic E-state index is 6.04. The van der Waals surface area contributed by atoms with Crippen LogP contribution in [0.1, 0.15) is 24.8 Å².